The number of carbonyl (C=O) groups excluding carboxylic acids is 1. The molecule has 1 aliphatic heterocycles. The van der Waals surface area contributed by atoms with Crippen LogP contribution < -0.4 is 5.32 Å². The van der Waals surface area contributed by atoms with Crippen LogP contribution in [-0.4, -0.2) is 29.1 Å². The van der Waals surface area contributed by atoms with Gasteiger partial charge in [0.05, 0.1) is 12.2 Å². The van der Waals surface area contributed by atoms with E-state index in [-0.39, 0.29) is 5.54 Å². The highest BCUT2D eigenvalue weighted by atomic mass is 16.2. The van der Waals surface area contributed by atoms with Gasteiger partial charge in [0.1, 0.15) is 0 Å². The maximum atomic E-state index is 12.4. The van der Waals surface area contributed by atoms with Crippen molar-refractivity contribution in [2.75, 3.05) is 6.67 Å². The molecular weight excluding hydrogens is 224 g/mol. The van der Waals surface area contributed by atoms with E-state index in [1.54, 1.807) is 0 Å². The molecule has 3 heteroatoms. The Kier molecular flexibility index (Phi) is 4.31. The van der Waals surface area contributed by atoms with Crippen LogP contribution in [0.1, 0.15) is 65.7 Å². The molecule has 0 aromatic heterocycles. The lowest BCUT2D eigenvalue weighted by atomic mass is 9.83. The van der Waals surface area contributed by atoms with E-state index in [4.69, 9.17) is 0 Å². The highest BCUT2D eigenvalue weighted by Gasteiger charge is 2.43. The minimum Gasteiger partial charge on any atom is -0.325 e. The first-order valence-corrected chi connectivity index (χ1v) is 7.66. The largest absolute Gasteiger partial charge is 0.325 e. The second-order valence-corrected chi connectivity index (χ2v) is 6.26. The van der Waals surface area contributed by atoms with E-state index in [1.807, 2.05) is 6.92 Å². The molecule has 1 aliphatic carbocycles. The van der Waals surface area contributed by atoms with Gasteiger partial charge in [0.15, 0.2) is 0 Å². The zero-order chi connectivity index (χ0) is 13.2. The van der Waals surface area contributed by atoms with E-state index in [1.165, 1.54) is 38.5 Å². The van der Waals surface area contributed by atoms with Gasteiger partial charge in [-0.15, -0.1) is 0 Å². The second-order valence-electron chi connectivity index (χ2n) is 6.26. The fraction of sp³-hybridized carbons (Fsp3) is 0.933. The number of rotatable bonds is 4. The first kappa shape index (κ1) is 13.9. The second kappa shape index (κ2) is 5.60. The Morgan fingerprint density at radius 3 is 2.44 bits per heavy atom. The molecule has 104 valence electrons. The topological polar surface area (TPSA) is 32.3 Å². The summed E-state index contributed by atoms with van der Waals surface area (Å²) in [6, 6.07) is 0.492. The van der Waals surface area contributed by atoms with Crippen LogP contribution in [0.2, 0.25) is 0 Å². The third kappa shape index (κ3) is 2.56. The minimum atomic E-state index is -0.305. The normalized spacial score (nSPS) is 37.3. The zero-order valence-corrected chi connectivity index (χ0v) is 12.2. The standard InChI is InChI=1S/C15H28N2O/c1-4-6-12-7-9-13(10-8-12)17-11-16-15(3,5-2)14(17)18/h12-13,16H,4-11H2,1-3H3. The summed E-state index contributed by atoms with van der Waals surface area (Å²) in [6.45, 7) is 7.16. The highest BCUT2D eigenvalue weighted by molar-refractivity contribution is 5.88. The fourth-order valence-electron chi connectivity index (χ4n) is 3.45. The molecule has 1 unspecified atom stereocenters. The van der Waals surface area contributed by atoms with Gasteiger partial charge >= 0.3 is 0 Å². The van der Waals surface area contributed by atoms with Gasteiger partial charge in [0.2, 0.25) is 5.91 Å². The molecular formula is C15H28N2O. The van der Waals surface area contributed by atoms with Gasteiger partial charge in [-0.25, -0.2) is 0 Å². The van der Waals surface area contributed by atoms with Gasteiger partial charge in [-0.1, -0.05) is 26.7 Å². The van der Waals surface area contributed by atoms with Crippen molar-refractivity contribution in [3.8, 4) is 0 Å². The average molecular weight is 252 g/mol. The molecule has 0 radical (unpaired) electrons. The van der Waals surface area contributed by atoms with Crippen molar-refractivity contribution in [1.29, 1.82) is 0 Å². The van der Waals surface area contributed by atoms with Crippen LogP contribution in [0.25, 0.3) is 0 Å². The lowest BCUT2D eigenvalue weighted by molar-refractivity contribution is -0.134. The summed E-state index contributed by atoms with van der Waals surface area (Å²) >= 11 is 0. The molecule has 1 amide bonds. The molecule has 0 aromatic rings. The molecule has 1 saturated carbocycles. The SMILES string of the molecule is CCCC1CCC(N2CNC(C)(CC)C2=O)CC1. The van der Waals surface area contributed by atoms with Gasteiger partial charge in [0, 0.05) is 6.04 Å². The van der Waals surface area contributed by atoms with Crippen LogP contribution in [0.4, 0.5) is 0 Å². The van der Waals surface area contributed by atoms with Gasteiger partial charge in [-0.3, -0.25) is 10.1 Å². The molecule has 0 bridgehead atoms. The van der Waals surface area contributed by atoms with Crippen LogP contribution in [0.3, 0.4) is 0 Å². The van der Waals surface area contributed by atoms with Gasteiger partial charge in [-0.05, 0) is 44.9 Å². The monoisotopic (exact) mass is 252 g/mol. The van der Waals surface area contributed by atoms with Crippen molar-refractivity contribution >= 4 is 5.91 Å². The van der Waals surface area contributed by atoms with E-state index in [9.17, 15) is 4.79 Å². The van der Waals surface area contributed by atoms with Crippen LogP contribution in [0.5, 0.6) is 0 Å². The molecule has 18 heavy (non-hydrogen) atoms. The number of carbonyl (C=O) groups is 1. The van der Waals surface area contributed by atoms with Crippen LogP contribution >= 0.6 is 0 Å². The first-order valence-electron chi connectivity index (χ1n) is 7.66. The molecule has 1 N–H and O–H groups in total. The molecule has 1 saturated heterocycles. The van der Waals surface area contributed by atoms with E-state index >= 15 is 0 Å². The summed E-state index contributed by atoms with van der Waals surface area (Å²) in [7, 11) is 0. The third-order valence-corrected chi connectivity index (χ3v) is 5.03. The Labute approximate surface area is 111 Å². The Morgan fingerprint density at radius 2 is 1.94 bits per heavy atom. The maximum absolute atomic E-state index is 12.4. The summed E-state index contributed by atoms with van der Waals surface area (Å²) in [5, 5.41) is 3.39. The summed E-state index contributed by atoms with van der Waals surface area (Å²) in [5.74, 6) is 1.23. The van der Waals surface area contributed by atoms with Crippen LogP contribution in [0, 0.1) is 5.92 Å². The van der Waals surface area contributed by atoms with Crippen molar-refractivity contribution in [2.45, 2.75) is 77.3 Å². The lowest BCUT2D eigenvalue weighted by Crippen LogP contribution is -2.45. The molecule has 3 nitrogen and oxygen atoms in total. The average Bonchev–Trinajstić information content (AvgIpc) is 2.69. The molecule has 1 atom stereocenters. The molecule has 0 spiro atoms. The van der Waals surface area contributed by atoms with E-state index in [0.29, 0.717) is 11.9 Å². The van der Waals surface area contributed by atoms with Crippen molar-refractivity contribution in [3.05, 3.63) is 0 Å². The van der Waals surface area contributed by atoms with Crippen molar-refractivity contribution in [3.63, 3.8) is 0 Å². The summed E-state index contributed by atoms with van der Waals surface area (Å²) < 4.78 is 0. The number of nitrogens with zero attached hydrogens (tertiary/aromatic N) is 1. The van der Waals surface area contributed by atoms with Crippen molar-refractivity contribution in [2.24, 2.45) is 5.92 Å². The predicted molar refractivity (Wildman–Crippen MR) is 74.2 cm³/mol. The van der Waals surface area contributed by atoms with Crippen molar-refractivity contribution in [1.82, 2.24) is 10.2 Å². The fourth-order valence-corrected chi connectivity index (χ4v) is 3.45. The number of nitrogens with one attached hydrogen (secondary N) is 1. The molecule has 1 heterocycles. The maximum Gasteiger partial charge on any atom is 0.243 e. The van der Waals surface area contributed by atoms with Crippen molar-refractivity contribution < 1.29 is 4.79 Å². The van der Waals surface area contributed by atoms with E-state index in [2.05, 4.69) is 24.1 Å². The number of amides is 1. The Bertz CT molecular complexity index is 297. The molecule has 2 rings (SSSR count). The zero-order valence-electron chi connectivity index (χ0n) is 12.2. The van der Waals surface area contributed by atoms with E-state index in [0.717, 1.165) is 19.0 Å². The molecule has 2 fully saturated rings. The van der Waals surface area contributed by atoms with Gasteiger partial charge < -0.3 is 4.90 Å². The highest BCUT2D eigenvalue weighted by Crippen LogP contribution is 2.33. The molecule has 0 aromatic carbocycles. The van der Waals surface area contributed by atoms with Gasteiger partial charge in [0.25, 0.3) is 0 Å². The predicted octanol–water partition coefficient (Wildman–Crippen LogP) is 2.90. The lowest BCUT2D eigenvalue weighted by Gasteiger charge is -2.34. The summed E-state index contributed by atoms with van der Waals surface area (Å²) in [4.78, 5) is 14.5. The Hall–Kier alpha value is -0.570. The third-order valence-electron chi connectivity index (χ3n) is 5.03. The van der Waals surface area contributed by atoms with Crippen LogP contribution in [0.15, 0.2) is 0 Å². The van der Waals surface area contributed by atoms with Gasteiger partial charge in [-0.2, -0.15) is 0 Å². The summed E-state index contributed by atoms with van der Waals surface area (Å²) in [6.07, 6.45) is 8.58. The Balaban J connectivity index is 1.89. The quantitative estimate of drug-likeness (QED) is 0.834. The number of hydrogen-bond acceptors (Lipinski definition) is 2. The minimum absolute atomic E-state index is 0.305. The summed E-state index contributed by atoms with van der Waals surface area (Å²) in [5.41, 5.74) is -0.305. The van der Waals surface area contributed by atoms with E-state index < -0.39 is 0 Å². The molecule has 2 aliphatic rings. The Morgan fingerprint density at radius 1 is 1.28 bits per heavy atom. The number of hydrogen-bond donors (Lipinski definition) is 1. The van der Waals surface area contributed by atoms with Crippen LogP contribution in [-0.2, 0) is 4.79 Å². The first-order chi connectivity index (χ1) is 8.60. The smallest absolute Gasteiger partial charge is 0.243 e.